The molecule has 14 nitrogen and oxygen atoms in total. The summed E-state index contributed by atoms with van der Waals surface area (Å²) in [5.74, 6) is 0.358. The Morgan fingerprint density at radius 2 is 1.68 bits per heavy atom. The lowest BCUT2D eigenvalue weighted by molar-refractivity contribution is -0.157. The third-order valence-corrected chi connectivity index (χ3v) is 7.93. The van der Waals surface area contributed by atoms with Gasteiger partial charge in [0.25, 0.3) is 0 Å². The highest BCUT2D eigenvalue weighted by Crippen LogP contribution is 2.32. The van der Waals surface area contributed by atoms with E-state index in [1.807, 2.05) is 40.1 Å². The van der Waals surface area contributed by atoms with Crippen molar-refractivity contribution in [1.29, 1.82) is 0 Å². The fourth-order valence-electron chi connectivity index (χ4n) is 5.68. The van der Waals surface area contributed by atoms with Crippen LogP contribution in [0.1, 0.15) is 85.6 Å². The fraction of sp³-hybridized carbons (Fsp3) is 0.583. The van der Waals surface area contributed by atoms with Crippen molar-refractivity contribution >= 4 is 46.3 Å². The van der Waals surface area contributed by atoms with Gasteiger partial charge in [-0.1, -0.05) is 19.3 Å². The minimum atomic E-state index is -0.665. The van der Waals surface area contributed by atoms with Crippen LogP contribution < -0.4 is 20.7 Å². The first-order chi connectivity index (χ1) is 23.6. The van der Waals surface area contributed by atoms with E-state index in [2.05, 4.69) is 35.8 Å². The number of carbonyl (C=O) groups is 3. The molecular formula is C36H54N8O6. The van der Waals surface area contributed by atoms with Crippen LogP contribution in [0.2, 0.25) is 0 Å². The lowest BCUT2D eigenvalue weighted by Crippen LogP contribution is -2.39. The Morgan fingerprint density at radius 1 is 0.960 bits per heavy atom. The molecule has 14 heteroatoms. The van der Waals surface area contributed by atoms with Crippen LogP contribution >= 0.6 is 0 Å². The number of urea groups is 1. The second kappa shape index (κ2) is 16.9. The molecule has 0 unspecified atom stereocenters. The molecule has 0 radical (unpaired) electrons. The van der Waals surface area contributed by atoms with Crippen LogP contribution in [0.4, 0.5) is 26.8 Å². The van der Waals surface area contributed by atoms with Crippen molar-refractivity contribution < 1.29 is 28.6 Å². The number of esters is 1. The number of rotatable bonds is 13. The second-order valence-corrected chi connectivity index (χ2v) is 14.9. The van der Waals surface area contributed by atoms with Gasteiger partial charge in [-0.05, 0) is 92.1 Å². The molecular weight excluding hydrogens is 640 g/mol. The molecule has 1 aromatic carbocycles. The molecule has 0 saturated heterocycles. The monoisotopic (exact) mass is 694 g/mol. The minimum Gasteiger partial charge on any atom is -0.480 e. The molecule has 2 heterocycles. The Hall–Kier alpha value is -4.59. The van der Waals surface area contributed by atoms with Crippen molar-refractivity contribution in [1.82, 2.24) is 30.1 Å². The summed E-state index contributed by atoms with van der Waals surface area (Å²) >= 11 is 0. The summed E-state index contributed by atoms with van der Waals surface area (Å²) in [5.41, 5.74) is 1.51. The van der Waals surface area contributed by atoms with Crippen molar-refractivity contribution in [2.75, 3.05) is 44.4 Å². The van der Waals surface area contributed by atoms with Gasteiger partial charge >= 0.3 is 18.1 Å². The van der Waals surface area contributed by atoms with Crippen LogP contribution in [0, 0.1) is 0 Å². The number of carbonyl (C=O) groups excluding carboxylic acids is 3. The number of benzene rings is 1. The van der Waals surface area contributed by atoms with Crippen molar-refractivity contribution in [3.05, 3.63) is 36.3 Å². The number of ether oxygens (including phenoxy) is 3. The lowest BCUT2D eigenvalue weighted by Gasteiger charge is -2.25. The Balaban J connectivity index is 1.47. The second-order valence-electron chi connectivity index (χ2n) is 14.9. The molecule has 1 fully saturated rings. The van der Waals surface area contributed by atoms with Gasteiger partial charge in [0.2, 0.25) is 0 Å². The summed E-state index contributed by atoms with van der Waals surface area (Å²) in [4.78, 5) is 53.7. The normalized spacial score (nSPS) is 13.9. The molecule has 3 aromatic rings. The molecule has 4 rings (SSSR count). The molecule has 3 amide bonds. The molecule has 50 heavy (non-hydrogen) atoms. The fourth-order valence-corrected chi connectivity index (χ4v) is 5.68. The number of aromatic nitrogens is 3. The molecule has 1 aliphatic rings. The van der Waals surface area contributed by atoms with Crippen molar-refractivity contribution in [2.24, 2.45) is 0 Å². The smallest absolute Gasteiger partial charge is 0.410 e. The summed E-state index contributed by atoms with van der Waals surface area (Å²) in [6.07, 6.45) is 9.11. The molecule has 1 aliphatic carbocycles. The predicted octanol–water partition coefficient (Wildman–Crippen LogP) is 6.57. The van der Waals surface area contributed by atoms with E-state index < -0.39 is 17.2 Å². The summed E-state index contributed by atoms with van der Waals surface area (Å²) in [5, 5.41) is 10.2. The van der Waals surface area contributed by atoms with Gasteiger partial charge < -0.3 is 44.9 Å². The molecule has 274 valence electrons. The van der Waals surface area contributed by atoms with Gasteiger partial charge in [-0.25, -0.2) is 24.4 Å². The molecule has 0 aliphatic heterocycles. The number of nitrogens with zero attached hydrogens (tertiary/aromatic N) is 4. The van der Waals surface area contributed by atoms with Gasteiger partial charge in [-0.15, -0.1) is 0 Å². The predicted molar refractivity (Wildman–Crippen MR) is 194 cm³/mol. The average molecular weight is 695 g/mol. The Labute approximate surface area is 295 Å². The lowest BCUT2D eigenvalue weighted by atomic mass is 9.96. The number of aromatic amines is 1. The van der Waals surface area contributed by atoms with Crippen LogP contribution in [0.5, 0.6) is 5.75 Å². The average Bonchev–Trinajstić information content (AvgIpc) is 3.43. The van der Waals surface area contributed by atoms with Crippen LogP contribution in [-0.4, -0.2) is 93.9 Å². The van der Waals surface area contributed by atoms with Gasteiger partial charge in [-0.2, -0.15) is 0 Å². The number of fused-ring (bicyclic) bond motifs is 1. The molecule has 0 atom stereocenters. The zero-order valence-electron chi connectivity index (χ0n) is 30.8. The summed E-state index contributed by atoms with van der Waals surface area (Å²) in [6, 6.07) is 5.06. The minimum absolute atomic E-state index is 0.129. The number of hydrogen-bond donors (Lipinski definition) is 4. The van der Waals surface area contributed by atoms with Gasteiger partial charge in [0.05, 0.1) is 11.1 Å². The maximum absolute atomic E-state index is 12.9. The largest absolute Gasteiger partial charge is 0.480 e. The topological polar surface area (TPSA) is 163 Å². The van der Waals surface area contributed by atoms with Crippen molar-refractivity contribution in [2.45, 2.75) is 104 Å². The Morgan fingerprint density at radius 3 is 2.38 bits per heavy atom. The number of amides is 3. The standard InChI is InChI=1S/C36H54N8O6/c1-35(2,3)49-29(45)22-48-28-19-26(15-16-27(28)42-33(46)41-25-13-10-9-11-14-25)40-32-30-24(20-37-31(30)38-23-39-32)21-43(7)17-12-18-44(8)34(47)50-36(4,5)6/h15-16,19-20,23,25H,9-14,17-18,21-22H2,1-8H3,(H2,41,42,46)(H2,37,38,39,40). The quantitative estimate of drug-likeness (QED) is 0.144. The van der Waals surface area contributed by atoms with Crippen LogP contribution in [0.3, 0.4) is 0 Å². The van der Waals surface area contributed by atoms with Crippen LogP contribution in [0.25, 0.3) is 11.0 Å². The highest BCUT2D eigenvalue weighted by molar-refractivity contribution is 5.94. The maximum Gasteiger partial charge on any atom is 0.410 e. The highest BCUT2D eigenvalue weighted by Gasteiger charge is 2.22. The molecule has 2 aromatic heterocycles. The molecule has 0 spiro atoms. The highest BCUT2D eigenvalue weighted by atomic mass is 16.6. The number of hydrogen-bond acceptors (Lipinski definition) is 10. The van der Waals surface area contributed by atoms with E-state index in [-0.39, 0.29) is 24.8 Å². The zero-order valence-corrected chi connectivity index (χ0v) is 30.8. The van der Waals surface area contributed by atoms with E-state index in [9.17, 15) is 14.4 Å². The molecule has 4 N–H and O–H groups in total. The van der Waals surface area contributed by atoms with E-state index in [1.54, 1.807) is 44.9 Å². The van der Waals surface area contributed by atoms with Crippen LogP contribution in [-0.2, 0) is 20.8 Å². The van der Waals surface area contributed by atoms with Crippen molar-refractivity contribution in [3.63, 3.8) is 0 Å². The summed E-state index contributed by atoms with van der Waals surface area (Å²) in [6.45, 7) is 12.5. The van der Waals surface area contributed by atoms with Gasteiger partial charge in [0, 0.05) is 44.1 Å². The first kappa shape index (κ1) is 38.2. The first-order valence-electron chi connectivity index (χ1n) is 17.3. The van der Waals surface area contributed by atoms with E-state index in [1.165, 1.54) is 12.7 Å². The van der Waals surface area contributed by atoms with Gasteiger partial charge in [-0.3, -0.25) is 0 Å². The first-order valence-corrected chi connectivity index (χ1v) is 17.3. The van der Waals surface area contributed by atoms with Gasteiger partial charge in [0.1, 0.15) is 34.7 Å². The Kier molecular flexibility index (Phi) is 12.9. The maximum atomic E-state index is 12.9. The number of H-pyrrole nitrogens is 1. The zero-order chi connectivity index (χ0) is 36.5. The number of anilines is 3. The summed E-state index contributed by atoms with van der Waals surface area (Å²) < 4.78 is 16.8. The SMILES string of the molecule is CN(CCCN(C)C(=O)OC(C)(C)C)Cc1c[nH]c2ncnc(Nc3ccc(NC(=O)NC4CCCCC4)c(OCC(=O)OC(C)(C)C)c3)c12. The van der Waals surface area contributed by atoms with Gasteiger partial charge in [0.15, 0.2) is 6.61 Å². The molecule has 0 bridgehead atoms. The molecule has 1 saturated carbocycles. The third kappa shape index (κ3) is 12.1. The van der Waals surface area contributed by atoms with Crippen molar-refractivity contribution in [3.8, 4) is 5.75 Å². The van der Waals surface area contributed by atoms with E-state index >= 15 is 0 Å². The summed E-state index contributed by atoms with van der Waals surface area (Å²) in [7, 11) is 3.76. The third-order valence-electron chi connectivity index (χ3n) is 7.93. The van der Waals surface area contributed by atoms with E-state index in [0.29, 0.717) is 41.7 Å². The van der Waals surface area contributed by atoms with Crippen LogP contribution in [0.15, 0.2) is 30.7 Å². The van der Waals surface area contributed by atoms with E-state index in [4.69, 9.17) is 14.2 Å². The van der Waals surface area contributed by atoms with E-state index in [0.717, 1.165) is 49.6 Å². The Bertz CT molecular complexity index is 1610. The number of nitrogens with one attached hydrogen (secondary N) is 4.